The second-order valence-electron chi connectivity index (χ2n) is 5.13. The molecule has 0 aliphatic rings. The molecule has 2 aromatic carbocycles. The fourth-order valence-electron chi connectivity index (χ4n) is 2.01. The lowest BCUT2D eigenvalue weighted by Crippen LogP contribution is -2.29. The van der Waals surface area contributed by atoms with Crippen LogP contribution in [0.2, 0.25) is 5.02 Å². The fraction of sp³-hybridized carbons (Fsp3) is 0.278. The van der Waals surface area contributed by atoms with Crippen LogP contribution in [-0.4, -0.2) is 26.2 Å². The van der Waals surface area contributed by atoms with Crippen molar-refractivity contribution in [2.45, 2.75) is 13.3 Å². The van der Waals surface area contributed by atoms with Crippen molar-refractivity contribution in [3.8, 4) is 11.5 Å². The number of methoxy groups -OCH3 is 1. The van der Waals surface area contributed by atoms with Gasteiger partial charge in [-0.25, -0.2) is 0 Å². The number of nitrogens with one attached hydrogen (secondary N) is 1. The zero-order valence-corrected chi connectivity index (χ0v) is 14.0. The average molecular weight is 334 g/mol. The first-order chi connectivity index (χ1) is 11.1. The largest absolute Gasteiger partial charge is 0.497 e. The van der Waals surface area contributed by atoms with Crippen molar-refractivity contribution in [1.29, 1.82) is 0 Å². The van der Waals surface area contributed by atoms with E-state index < -0.39 is 0 Å². The maximum absolute atomic E-state index is 11.9. The monoisotopic (exact) mass is 333 g/mol. The Bertz CT molecular complexity index is 656. The molecule has 0 bridgehead atoms. The first-order valence-corrected chi connectivity index (χ1v) is 7.75. The van der Waals surface area contributed by atoms with Gasteiger partial charge in [0.2, 0.25) is 5.91 Å². The Kier molecular flexibility index (Phi) is 6.29. The molecule has 2 rings (SSSR count). The molecule has 5 heteroatoms. The summed E-state index contributed by atoms with van der Waals surface area (Å²) in [6.07, 6.45) is 0.334. The second kappa shape index (κ2) is 8.44. The molecule has 0 heterocycles. The van der Waals surface area contributed by atoms with Crippen LogP contribution in [0.3, 0.4) is 0 Å². The van der Waals surface area contributed by atoms with E-state index in [-0.39, 0.29) is 5.91 Å². The van der Waals surface area contributed by atoms with Gasteiger partial charge in [0.1, 0.15) is 18.1 Å². The fourth-order valence-corrected chi connectivity index (χ4v) is 2.18. The average Bonchev–Trinajstić information content (AvgIpc) is 2.55. The first kappa shape index (κ1) is 17.2. The van der Waals surface area contributed by atoms with Crippen molar-refractivity contribution >= 4 is 17.5 Å². The number of hydrogen-bond acceptors (Lipinski definition) is 3. The first-order valence-electron chi connectivity index (χ1n) is 7.37. The molecule has 0 aliphatic carbocycles. The predicted molar refractivity (Wildman–Crippen MR) is 91.4 cm³/mol. The van der Waals surface area contributed by atoms with Gasteiger partial charge < -0.3 is 14.8 Å². The van der Waals surface area contributed by atoms with E-state index >= 15 is 0 Å². The SMILES string of the molecule is COc1ccc(CC(=O)NCCOc2ccc(C)c(Cl)c2)cc1. The summed E-state index contributed by atoms with van der Waals surface area (Å²) in [7, 11) is 1.61. The van der Waals surface area contributed by atoms with E-state index in [9.17, 15) is 4.79 Å². The Morgan fingerprint density at radius 3 is 2.48 bits per heavy atom. The lowest BCUT2D eigenvalue weighted by atomic mass is 10.1. The highest BCUT2D eigenvalue weighted by atomic mass is 35.5. The third kappa shape index (κ3) is 5.49. The summed E-state index contributed by atoms with van der Waals surface area (Å²) >= 11 is 6.03. The van der Waals surface area contributed by atoms with Gasteiger partial charge in [-0.2, -0.15) is 0 Å². The molecule has 0 saturated heterocycles. The molecule has 122 valence electrons. The Labute approximate surface area is 141 Å². The maximum atomic E-state index is 11.9. The molecule has 0 atom stereocenters. The molecule has 4 nitrogen and oxygen atoms in total. The number of benzene rings is 2. The van der Waals surface area contributed by atoms with Crippen LogP contribution in [0.4, 0.5) is 0 Å². The van der Waals surface area contributed by atoms with Gasteiger partial charge in [0.05, 0.1) is 20.1 Å². The topological polar surface area (TPSA) is 47.6 Å². The van der Waals surface area contributed by atoms with E-state index in [1.165, 1.54) is 0 Å². The summed E-state index contributed by atoms with van der Waals surface area (Å²) in [5.41, 5.74) is 1.95. The molecule has 23 heavy (non-hydrogen) atoms. The molecule has 0 radical (unpaired) electrons. The molecule has 0 spiro atoms. The van der Waals surface area contributed by atoms with Crippen LogP contribution in [0, 0.1) is 6.92 Å². The Morgan fingerprint density at radius 1 is 1.13 bits per heavy atom. The summed E-state index contributed by atoms with van der Waals surface area (Å²) in [6.45, 7) is 2.78. The van der Waals surface area contributed by atoms with Gasteiger partial charge in [0.15, 0.2) is 0 Å². The lowest BCUT2D eigenvalue weighted by molar-refractivity contribution is -0.120. The van der Waals surface area contributed by atoms with Crippen molar-refractivity contribution in [2.24, 2.45) is 0 Å². The molecular weight excluding hydrogens is 314 g/mol. The molecule has 0 aliphatic heterocycles. The standard InChI is InChI=1S/C18H20ClNO3/c1-13-3-6-16(12-17(13)19)23-10-9-20-18(21)11-14-4-7-15(22-2)8-5-14/h3-8,12H,9-11H2,1-2H3,(H,20,21). The molecule has 2 aromatic rings. The maximum Gasteiger partial charge on any atom is 0.224 e. The van der Waals surface area contributed by atoms with Crippen molar-refractivity contribution in [2.75, 3.05) is 20.3 Å². The highest BCUT2D eigenvalue weighted by Gasteiger charge is 2.04. The smallest absolute Gasteiger partial charge is 0.224 e. The minimum atomic E-state index is -0.0410. The quantitative estimate of drug-likeness (QED) is 0.790. The molecule has 0 saturated carbocycles. The number of halogens is 1. The second-order valence-corrected chi connectivity index (χ2v) is 5.54. The Balaban J connectivity index is 1.70. The summed E-state index contributed by atoms with van der Waals surface area (Å²) in [6, 6.07) is 13.0. The zero-order chi connectivity index (χ0) is 16.7. The van der Waals surface area contributed by atoms with E-state index in [0.29, 0.717) is 30.3 Å². The number of rotatable bonds is 7. The number of amides is 1. The van der Waals surface area contributed by atoms with Crippen LogP contribution >= 0.6 is 11.6 Å². The minimum absolute atomic E-state index is 0.0410. The number of aryl methyl sites for hydroxylation is 1. The van der Waals surface area contributed by atoms with Crippen LogP contribution in [-0.2, 0) is 11.2 Å². The van der Waals surface area contributed by atoms with Crippen LogP contribution in [0.25, 0.3) is 0 Å². The Morgan fingerprint density at radius 2 is 1.83 bits per heavy atom. The van der Waals surface area contributed by atoms with E-state index in [4.69, 9.17) is 21.1 Å². The van der Waals surface area contributed by atoms with Gasteiger partial charge in [-0.05, 0) is 42.3 Å². The molecule has 0 unspecified atom stereocenters. The third-order valence-electron chi connectivity index (χ3n) is 3.36. The number of ether oxygens (including phenoxy) is 2. The molecule has 0 aromatic heterocycles. The molecule has 1 amide bonds. The van der Waals surface area contributed by atoms with Gasteiger partial charge in [0.25, 0.3) is 0 Å². The summed E-state index contributed by atoms with van der Waals surface area (Å²) in [4.78, 5) is 11.9. The van der Waals surface area contributed by atoms with E-state index in [1.807, 2.05) is 43.3 Å². The number of hydrogen-bond donors (Lipinski definition) is 1. The number of carbonyl (C=O) groups is 1. The lowest BCUT2D eigenvalue weighted by Gasteiger charge is -2.09. The normalized spacial score (nSPS) is 10.2. The number of carbonyl (C=O) groups excluding carboxylic acids is 1. The van der Waals surface area contributed by atoms with Gasteiger partial charge >= 0.3 is 0 Å². The summed E-state index contributed by atoms with van der Waals surface area (Å²) in [5, 5.41) is 3.50. The van der Waals surface area contributed by atoms with Gasteiger partial charge in [-0.3, -0.25) is 4.79 Å². The van der Waals surface area contributed by atoms with Crippen molar-refractivity contribution in [3.63, 3.8) is 0 Å². The Hall–Kier alpha value is -2.20. The summed E-state index contributed by atoms with van der Waals surface area (Å²) in [5.74, 6) is 1.44. The van der Waals surface area contributed by atoms with Crippen LogP contribution in [0.5, 0.6) is 11.5 Å². The molecule has 1 N–H and O–H groups in total. The van der Waals surface area contributed by atoms with Gasteiger partial charge in [0, 0.05) is 5.02 Å². The van der Waals surface area contributed by atoms with E-state index in [1.54, 1.807) is 13.2 Å². The summed E-state index contributed by atoms with van der Waals surface area (Å²) < 4.78 is 10.6. The molecule has 0 fully saturated rings. The highest BCUT2D eigenvalue weighted by Crippen LogP contribution is 2.21. The van der Waals surface area contributed by atoms with Gasteiger partial charge in [-0.15, -0.1) is 0 Å². The van der Waals surface area contributed by atoms with Gasteiger partial charge in [-0.1, -0.05) is 29.8 Å². The van der Waals surface area contributed by atoms with Crippen LogP contribution in [0.15, 0.2) is 42.5 Å². The van der Waals surface area contributed by atoms with Crippen LogP contribution < -0.4 is 14.8 Å². The van der Waals surface area contributed by atoms with Crippen molar-refractivity contribution < 1.29 is 14.3 Å². The minimum Gasteiger partial charge on any atom is -0.497 e. The highest BCUT2D eigenvalue weighted by molar-refractivity contribution is 6.31. The van der Waals surface area contributed by atoms with E-state index in [2.05, 4.69) is 5.32 Å². The zero-order valence-electron chi connectivity index (χ0n) is 13.3. The van der Waals surface area contributed by atoms with Crippen LogP contribution in [0.1, 0.15) is 11.1 Å². The van der Waals surface area contributed by atoms with E-state index in [0.717, 1.165) is 16.9 Å². The molecular formula is C18H20ClNO3. The third-order valence-corrected chi connectivity index (χ3v) is 3.77. The predicted octanol–water partition coefficient (Wildman–Crippen LogP) is 3.39. The van der Waals surface area contributed by atoms with Crippen molar-refractivity contribution in [3.05, 3.63) is 58.6 Å². The van der Waals surface area contributed by atoms with Crippen molar-refractivity contribution in [1.82, 2.24) is 5.32 Å².